The molecule has 0 amide bonds. The van der Waals surface area contributed by atoms with Gasteiger partial charge >= 0.3 is 5.97 Å². The van der Waals surface area contributed by atoms with Crippen LogP contribution in [0, 0.1) is 0 Å². The lowest BCUT2D eigenvalue weighted by Gasteiger charge is -2.01. The van der Waals surface area contributed by atoms with E-state index < -0.39 is 0 Å². The van der Waals surface area contributed by atoms with Crippen LogP contribution in [-0.4, -0.2) is 24.9 Å². The number of hydrogen-bond donors (Lipinski definition) is 1. The molecule has 0 atom stereocenters. The second-order valence-corrected chi connectivity index (χ2v) is 3.13. The molecule has 1 rings (SSSR count). The Labute approximate surface area is 83.3 Å². The summed E-state index contributed by atoms with van der Waals surface area (Å²) >= 11 is 0. The van der Waals surface area contributed by atoms with Gasteiger partial charge in [0.25, 0.3) is 0 Å². The van der Waals surface area contributed by atoms with Gasteiger partial charge in [-0.05, 0) is 19.8 Å². The van der Waals surface area contributed by atoms with Crippen LogP contribution in [0.15, 0.2) is 11.8 Å². The third kappa shape index (κ3) is 3.20. The summed E-state index contributed by atoms with van der Waals surface area (Å²) in [5.74, 6) is -0.115. The summed E-state index contributed by atoms with van der Waals surface area (Å²) in [5.41, 5.74) is 0.786. The van der Waals surface area contributed by atoms with Crippen LogP contribution < -0.4 is 5.32 Å². The molecule has 1 fully saturated rings. The maximum atomic E-state index is 11.2. The summed E-state index contributed by atoms with van der Waals surface area (Å²) in [4.78, 5) is 22.1. The van der Waals surface area contributed by atoms with Crippen LogP contribution in [0.1, 0.15) is 26.2 Å². The Kier molecular flexibility index (Phi) is 4.16. The first kappa shape index (κ1) is 10.8. The normalized spacial score (nSPS) is 18.6. The van der Waals surface area contributed by atoms with Crippen molar-refractivity contribution in [2.75, 3.05) is 13.2 Å². The number of esters is 1. The van der Waals surface area contributed by atoms with E-state index in [1.165, 1.54) is 0 Å². The highest BCUT2D eigenvalue weighted by Gasteiger charge is 2.16. The zero-order chi connectivity index (χ0) is 10.4. The number of allylic oxidation sites excluding steroid dienone is 1. The first-order valence-electron chi connectivity index (χ1n) is 4.85. The number of rotatable bonds is 4. The highest BCUT2D eigenvalue weighted by atomic mass is 16.5. The second-order valence-electron chi connectivity index (χ2n) is 3.13. The van der Waals surface area contributed by atoms with Crippen molar-refractivity contribution in [3.8, 4) is 0 Å². The van der Waals surface area contributed by atoms with E-state index in [4.69, 9.17) is 4.74 Å². The molecule has 0 heterocycles. The molecular formula is C10H15NO3. The molecule has 0 aromatic rings. The van der Waals surface area contributed by atoms with Crippen molar-refractivity contribution >= 4 is 11.8 Å². The number of ether oxygens (including phenoxy) is 1. The lowest BCUT2D eigenvalue weighted by Crippen LogP contribution is -2.21. The fourth-order valence-corrected chi connectivity index (χ4v) is 1.36. The van der Waals surface area contributed by atoms with Crippen LogP contribution in [-0.2, 0) is 14.3 Å². The van der Waals surface area contributed by atoms with E-state index >= 15 is 0 Å². The summed E-state index contributed by atoms with van der Waals surface area (Å²) < 4.78 is 4.72. The van der Waals surface area contributed by atoms with Crippen molar-refractivity contribution in [2.24, 2.45) is 0 Å². The number of Topliss-reactive ketones (excluding diaryl/α,β-unsaturated/α-hetero) is 1. The minimum absolute atomic E-state index is 0.130. The van der Waals surface area contributed by atoms with Gasteiger partial charge in [0, 0.05) is 18.2 Å². The highest BCUT2D eigenvalue weighted by molar-refractivity contribution is 5.97. The van der Waals surface area contributed by atoms with Crippen LogP contribution in [0.25, 0.3) is 0 Å². The monoisotopic (exact) mass is 197 g/mol. The molecule has 0 unspecified atom stereocenters. The summed E-state index contributed by atoms with van der Waals surface area (Å²) in [7, 11) is 0. The number of carbonyl (C=O) groups excluding carboxylic acids is 2. The molecule has 1 saturated carbocycles. The summed E-state index contributed by atoms with van der Waals surface area (Å²) in [6.45, 7) is 2.28. The van der Waals surface area contributed by atoms with Crippen molar-refractivity contribution in [3.05, 3.63) is 11.8 Å². The predicted octanol–water partition coefficient (Wildman–Crippen LogP) is 0.776. The lowest BCUT2D eigenvalue weighted by molar-refractivity contribution is -0.141. The van der Waals surface area contributed by atoms with Crippen molar-refractivity contribution < 1.29 is 14.3 Å². The molecule has 1 aliphatic rings. The van der Waals surface area contributed by atoms with Crippen LogP contribution in [0.5, 0.6) is 0 Å². The van der Waals surface area contributed by atoms with Gasteiger partial charge in [-0.2, -0.15) is 0 Å². The zero-order valence-electron chi connectivity index (χ0n) is 8.34. The summed E-state index contributed by atoms with van der Waals surface area (Å²) in [5, 5.41) is 2.78. The number of nitrogens with one attached hydrogen (secondary N) is 1. The molecule has 14 heavy (non-hydrogen) atoms. The van der Waals surface area contributed by atoms with E-state index in [1.54, 1.807) is 13.1 Å². The Hall–Kier alpha value is -1.32. The Morgan fingerprint density at radius 2 is 2.36 bits per heavy atom. The van der Waals surface area contributed by atoms with Crippen LogP contribution in [0.2, 0.25) is 0 Å². The van der Waals surface area contributed by atoms with E-state index in [-0.39, 0.29) is 18.3 Å². The molecule has 78 valence electrons. The Morgan fingerprint density at radius 1 is 1.57 bits per heavy atom. The van der Waals surface area contributed by atoms with E-state index in [0.29, 0.717) is 13.0 Å². The van der Waals surface area contributed by atoms with Crippen LogP contribution in [0.3, 0.4) is 0 Å². The van der Waals surface area contributed by atoms with Gasteiger partial charge in [0.2, 0.25) is 0 Å². The van der Waals surface area contributed by atoms with E-state index in [1.807, 2.05) is 0 Å². The summed E-state index contributed by atoms with van der Waals surface area (Å²) in [6.07, 6.45) is 4.00. The van der Waals surface area contributed by atoms with Crippen molar-refractivity contribution in [2.45, 2.75) is 26.2 Å². The molecule has 0 radical (unpaired) electrons. The van der Waals surface area contributed by atoms with Gasteiger partial charge in [-0.1, -0.05) is 0 Å². The largest absolute Gasteiger partial charge is 0.465 e. The minimum atomic E-state index is -0.296. The van der Waals surface area contributed by atoms with Crippen molar-refractivity contribution in [3.63, 3.8) is 0 Å². The quantitative estimate of drug-likeness (QED) is 0.534. The Morgan fingerprint density at radius 3 is 2.93 bits per heavy atom. The van der Waals surface area contributed by atoms with Gasteiger partial charge in [-0.25, -0.2) is 0 Å². The maximum absolute atomic E-state index is 11.2. The number of carbonyl (C=O) groups is 2. The van der Waals surface area contributed by atoms with Gasteiger partial charge in [-0.15, -0.1) is 0 Å². The Bertz CT molecular complexity index is 258. The third-order valence-corrected chi connectivity index (χ3v) is 2.04. The molecule has 0 spiro atoms. The van der Waals surface area contributed by atoms with E-state index in [2.05, 4.69) is 5.32 Å². The smallest absolute Gasteiger partial charge is 0.325 e. The minimum Gasteiger partial charge on any atom is -0.465 e. The fraction of sp³-hybridized carbons (Fsp3) is 0.600. The Balaban J connectivity index is 2.25. The molecule has 4 heteroatoms. The fourth-order valence-electron chi connectivity index (χ4n) is 1.36. The van der Waals surface area contributed by atoms with Crippen LogP contribution in [0.4, 0.5) is 0 Å². The number of hydrogen-bond acceptors (Lipinski definition) is 4. The summed E-state index contributed by atoms with van der Waals surface area (Å²) in [6, 6.07) is 0. The van der Waals surface area contributed by atoms with Crippen LogP contribution >= 0.6 is 0 Å². The third-order valence-electron chi connectivity index (χ3n) is 2.04. The first-order chi connectivity index (χ1) is 6.74. The average molecular weight is 197 g/mol. The lowest BCUT2D eigenvalue weighted by atomic mass is 10.2. The number of ketones is 1. The molecule has 0 bridgehead atoms. The SMILES string of the molecule is CCOC(=O)CN/C=C1\CCCC1=O. The van der Waals surface area contributed by atoms with Gasteiger partial charge < -0.3 is 10.1 Å². The highest BCUT2D eigenvalue weighted by Crippen LogP contribution is 2.18. The van der Waals surface area contributed by atoms with Gasteiger partial charge in [0.05, 0.1) is 6.61 Å². The average Bonchev–Trinajstić information content (AvgIpc) is 2.52. The standard InChI is InChI=1S/C10H15NO3/c1-2-14-10(13)7-11-6-8-4-3-5-9(8)12/h6,11H,2-5,7H2,1H3/b8-6+. The zero-order valence-corrected chi connectivity index (χ0v) is 8.34. The first-order valence-corrected chi connectivity index (χ1v) is 4.85. The molecule has 1 aliphatic carbocycles. The van der Waals surface area contributed by atoms with Crippen molar-refractivity contribution in [1.82, 2.24) is 5.32 Å². The predicted molar refractivity (Wildman–Crippen MR) is 51.6 cm³/mol. The molecule has 0 saturated heterocycles. The second kappa shape index (κ2) is 5.42. The van der Waals surface area contributed by atoms with Gasteiger partial charge in [0.1, 0.15) is 6.54 Å². The van der Waals surface area contributed by atoms with E-state index in [0.717, 1.165) is 18.4 Å². The topological polar surface area (TPSA) is 55.4 Å². The van der Waals surface area contributed by atoms with Gasteiger partial charge in [0.15, 0.2) is 5.78 Å². The van der Waals surface area contributed by atoms with Gasteiger partial charge in [-0.3, -0.25) is 9.59 Å². The molecule has 0 aromatic heterocycles. The van der Waals surface area contributed by atoms with Crippen molar-refractivity contribution in [1.29, 1.82) is 0 Å². The molecule has 4 nitrogen and oxygen atoms in total. The van der Waals surface area contributed by atoms with E-state index in [9.17, 15) is 9.59 Å². The molecule has 1 N–H and O–H groups in total. The molecule has 0 aliphatic heterocycles. The maximum Gasteiger partial charge on any atom is 0.325 e. The molecule has 0 aromatic carbocycles. The molecular weight excluding hydrogens is 182 g/mol.